The quantitative estimate of drug-likeness (QED) is 0.521. The number of ether oxygens (including phenoxy) is 1. The van der Waals surface area contributed by atoms with Gasteiger partial charge in [-0.3, -0.25) is 0 Å². The smallest absolute Gasteiger partial charge is 0.248 e. The molecule has 2 nitrogen and oxygen atoms in total. The third-order valence-corrected chi connectivity index (χ3v) is 2.73. The van der Waals surface area contributed by atoms with Crippen molar-refractivity contribution in [2.24, 2.45) is 0 Å². The first-order chi connectivity index (χ1) is 7.42. The topological polar surface area (TPSA) is 29.5 Å². The van der Waals surface area contributed by atoms with E-state index >= 15 is 0 Å². The van der Waals surface area contributed by atoms with Crippen LogP contribution >= 0.6 is 34.8 Å². The van der Waals surface area contributed by atoms with Gasteiger partial charge in [-0.25, -0.2) is 0 Å². The van der Waals surface area contributed by atoms with E-state index in [1.807, 2.05) is 0 Å². The maximum absolute atomic E-state index is 10.3. The Morgan fingerprint density at radius 2 is 1.81 bits per heavy atom. The highest BCUT2D eigenvalue weighted by Gasteiger charge is 2.49. The van der Waals surface area contributed by atoms with Gasteiger partial charge in [0.2, 0.25) is 9.58 Å². The van der Waals surface area contributed by atoms with Crippen molar-refractivity contribution in [3.63, 3.8) is 0 Å². The molecule has 16 heavy (non-hydrogen) atoms. The molecule has 0 aliphatic rings. The highest BCUT2D eigenvalue weighted by molar-refractivity contribution is 6.68. The average molecular weight is 282 g/mol. The molecule has 0 fully saturated rings. The second kappa shape index (κ2) is 5.39. The second-order valence-electron chi connectivity index (χ2n) is 3.11. The SMILES string of the molecule is C=CCOC(O)(c1ccccc1)C(Cl)(Cl)Cl. The van der Waals surface area contributed by atoms with Crippen molar-refractivity contribution in [1.29, 1.82) is 0 Å². The van der Waals surface area contributed by atoms with Crippen LogP contribution in [-0.4, -0.2) is 15.5 Å². The Morgan fingerprint density at radius 1 is 1.25 bits per heavy atom. The summed E-state index contributed by atoms with van der Waals surface area (Å²) in [4.78, 5) is 0. The zero-order valence-corrected chi connectivity index (χ0v) is 10.6. The van der Waals surface area contributed by atoms with Crippen LogP contribution in [0.15, 0.2) is 43.0 Å². The van der Waals surface area contributed by atoms with Crippen LogP contribution in [0.4, 0.5) is 0 Å². The lowest BCUT2D eigenvalue weighted by molar-refractivity contribution is -0.202. The standard InChI is InChI=1S/C11H11Cl3O2/c1-2-8-16-10(15,11(12,13)14)9-6-4-3-5-7-9/h2-7,15H,1,8H2. The molecule has 1 aromatic carbocycles. The molecule has 1 atom stereocenters. The molecule has 0 aliphatic carbocycles. The Kier molecular flexibility index (Phi) is 4.65. The van der Waals surface area contributed by atoms with Gasteiger partial charge in [0, 0.05) is 5.56 Å². The van der Waals surface area contributed by atoms with E-state index in [4.69, 9.17) is 39.5 Å². The fourth-order valence-electron chi connectivity index (χ4n) is 1.17. The van der Waals surface area contributed by atoms with E-state index in [0.717, 1.165) is 0 Å². The summed E-state index contributed by atoms with van der Waals surface area (Å²) in [6.07, 6.45) is 1.46. The normalized spacial score (nSPS) is 15.5. The van der Waals surface area contributed by atoms with Crippen molar-refractivity contribution < 1.29 is 9.84 Å². The number of benzene rings is 1. The van der Waals surface area contributed by atoms with Crippen molar-refractivity contribution in [2.45, 2.75) is 9.58 Å². The summed E-state index contributed by atoms with van der Waals surface area (Å²) in [5.41, 5.74) is 0.372. The van der Waals surface area contributed by atoms with Crippen LogP contribution in [0.25, 0.3) is 0 Å². The van der Waals surface area contributed by atoms with Gasteiger partial charge in [-0.1, -0.05) is 71.2 Å². The Balaban J connectivity index is 3.10. The predicted molar refractivity (Wildman–Crippen MR) is 66.8 cm³/mol. The average Bonchev–Trinajstić information content (AvgIpc) is 2.25. The van der Waals surface area contributed by atoms with Crippen LogP contribution in [0, 0.1) is 0 Å². The molecule has 0 aromatic heterocycles. The van der Waals surface area contributed by atoms with Gasteiger partial charge >= 0.3 is 0 Å². The van der Waals surface area contributed by atoms with E-state index in [-0.39, 0.29) is 6.61 Å². The van der Waals surface area contributed by atoms with E-state index < -0.39 is 9.58 Å². The highest BCUT2D eigenvalue weighted by Crippen LogP contribution is 2.45. The fourth-order valence-corrected chi connectivity index (χ4v) is 1.66. The van der Waals surface area contributed by atoms with E-state index in [9.17, 15) is 5.11 Å². The number of halogens is 3. The summed E-state index contributed by atoms with van der Waals surface area (Å²) >= 11 is 17.2. The molecule has 0 saturated carbocycles. The number of hydrogen-bond acceptors (Lipinski definition) is 2. The number of rotatable bonds is 4. The number of hydrogen-bond donors (Lipinski definition) is 1. The summed E-state index contributed by atoms with van der Waals surface area (Å²) in [5.74, 6) is -1.99. The summed E-state index contributed by atoms with van der Waals surface area (Å²) in [6, 6.07) is 8.45. The zero-order valence-electron chi connectivity index (χ0n) is 8.37. The van der Waals surface area contributed by atoms with Gasteiger partial charge in [0.15, 0.2) is 0 Å². The Morgan fingerprint density at radius 3 is 2.25 bits per heavy atom. The van der Waals surface area contributed by atoms with Crippen LogP contribution in [-0.2, 0) is 10.5 Å². The Hall–Kier alpha value is -0.250. The van der Waals surface area contributed by atoms with Crippen molar-refractivity contribution in [1.82, 2.24) is 0 Å². The third-order valence-electron chi connectivity index (χ3n) is 1.96. The highest BCUT2D eigenvalue weighted by atomic mass is 35.6. The molecule has 1 unspecified atom stereocenters. The molecule has 0 saturated heterocycles. The van der Waals surface area contributed by atoms with Crippen molar-refractivity contribution in [3.05, 3.63) is 48.6 Å². The largest absolute Gasteiger partial charge is 0.358 e. The predicted octanol–water partition coefficient (Wildman–Crippen LogP) is 3.40. The van der Waals surface area contributed by atoms with Gasteiger partial charge in [-0.05, 0) is 0 Å². The molecular weight excluding hydrogens is 270 g/mol. The lowest BCUT2D eigenvalue weighted by atomic mass is 10.1. The van der Waals surface area contributed by atoms with E-state index in [1.165, 1.54) is 6.08 Å². The Bertz CT molecular complexity index is 348. The lowest BCUT2D eigenvalue weighted by Crippen LogP contribution is -2.42. The van der Waals surface area contributed by atoms with E-state index in [0.29, 0.717) is 5.56 Å². The van der Waals surface area contributed by atoms with Crippen LogP contribution in [0.2, 0.25) is 0 Å². The molecule has 0 heterocycles. The first-order valence-corrected chi connectivity index (χ1v) is 5.64. The summed E-state index contributed by atoms with van der Waals surface area (Å²) in [6.45, 7) is 3.54. The second-order valence-corrected chi connectivity index (χ2v) is 5.39. The number of aliphatic hydroxyl groups is 1. The maximum atomic E-state index is 10.3. The molecule has 0 aliphatic heterocycles. The molecule has 0 bridgehead atoms. The molecule has 0 spiro atoms. The van der Waals surface area contributed by atoms with Crippen molar-refractivity contribution in [3.8, 4) is 0 Å². The lowest BCUT2D eigenvalue weighted by Gasteiger charge is -2.34. The van der Waals surface area contributed by atoms with Gasteiger partial charge in [0.25, 0.3) is 0 Å². The van der Waals surface area contributed by atoms with E-state index in [1.54, 1.807) is 30.3 Å². The fraction of sp³-hybridized carbons (Fsp3) is 0.273. The minimum absolute atomic E-state index is 0.0688. The van der Waals surface area contributed by atoms with Gasteiger partial charge in [-0.2, -0.15) is 0 Å². The molecule has 0 amide bonds. The molecule has 1 rings (SSSR count). The molecule has 88 valence electrons. The first-order valence-electron chi connectivity index (χ1n) is 4.51. The van der Waals surface area contributed by atoms with Gasteiger partial charge in [-0.15, -0.1) is 6.58 Å². The van der Waals surface area contributed by atoms with Crippen LogP contribution in [0.1, 0.15) is 5.56 Å². The zero-order chi connectivity index (χ0) is 12.2. The first kappa shape index (κ1) is 13.8. The van der Waals surface area contributed by atoms with Crippen LogP contribution < -0.4 is 0 Å². The summed E-state index contributed by atoms with van der Waals surface area (Å²) in [7, 11) is 0. The molecule has 1 N–H and O–H groups in total. The third kappa shape index (κ3) is 2.90. The minimum Gasteiger partial charge on any atom is -0.358 e. The monoisotopic (exact) mass is 280 g/mol. The summed E-state index contributed by atoms with van der Waals surface area (Å²) in [5, 5.41) is 10.3. The van der Waals surface area contributed by atoms with Crippen LogP contribution in [0.5, 0.6) is 0 Å². The number of alkyl halides is 3. The maximum Gasteiger partial charge on any atom is 0.248 e. The molecule has 0 radical (unpaired) electrons. The van der Waals surface area contributed by atoms with Crippen molar-refractivity contribution >= 4 is 34.8 Å². The van der Waals surface area contributed by atoms with Crippen LogP contribution in [0.3, 0.4) is 0 Å². The molecule has 1 aromatic rings. The van der Waals surface area contributed by atoms with Gasteiger partial charge in [0.05, 0.1) is 6.61 Å². The van der Waals surface area contributed by atoms with Gasteiger partial charge < -0.3 is 9.84 Å². The van der Waals surface area contributed by atoms with E-state index in [2.05, 4.69) is 6.58 Å². The Labute approximate surface area is 109 Å². The minimum atomic E-state index is -1.99. The van der Waals surface area contributed by atoms with Gasteiger partial charge in [0.1, 0.15) is 0 Å². The summed E-state index contributed by atoms with van der Waals surface area (Å²) < 4.78 is 3.18. The van der Waals surface area contributed by atoms with Crippen molar-refractivity contribution in [2.75, 3.05) is 6.61 Å². The molecule has 5 heteroatoms. The molecular formula is C11H11Cl3O2.